The van der Waals surface area contributed by atoms with Crippen molar-refractivity contribution >= 4 is 34.6 Å². The van der Waals surface area contributed by atoms with Crippen LogP contribution >= 0.6 is 0 Å². The quantitative estimate of drug-likeness (QED) is 0.262. The second-order valence-corrected chi connectivity index (χ2v) is 9.50. The van der Waals surface area contributed by atoms with Crippen molar-refractivity contribution in [3.8, 4) is 5.75 Å². The molecule has 1 radical (unpaired) electrons. The van der Waals surface area contributed by atoms with E-state index in [2.05, 4.69) is 0 Å². The van der Waals surface area contributed by atoms with Gasteiger partial charge in [-0.25, -0.2) is 0 Å². The number of phenolic OH excluding ortho intramolecular Hbond substituents is 1. The van der Waals surface area contributed by atoms with E-state index in [-0.39, 0.29) is 62.4 Å². The smallest absolute Gasteiger partial charge is 0.255 e. The minimum atomic E-state index is -2.68. The van der Waals surface area contributed by atoms with Gasteiger partial charge in [-0.05, 0) is 38.4 Å². The minimum Gasteiger partial charge on any atom is -0.696 e. The molecule has 0 aromatic heterocycles. The van der Waals surface area contributed by atoms with Gasteiger partial charge in [-0.15, -0.1) is 0 Å². The maximum atomic E-state index is 13.7. The fourth-order valence-electron chi connectivity index (χ4n) is 5.69. The zero-order valence-corrected chi connectivity index (χ0v) is 22.6. The molecular formula is C23H27N4O7Y-. The van der Waals surface area contributed by atoms with Crippen LogP contribution in [0, 0.1) is 11.8 Å². The Morgan fingerprint density at radius 2 is 1.77 bits per heavy atom. The van der Waals surface area contributed by atoms with E-state index in [4.69, 9.17) is 11.5 Å². The standard InChI is InChI=1S/C23H27N4O7.Y/c1-26(2)12-7-11(24)17(28)14-9(12)5-8-6-10-16(27(3)4)19(30)15(22(25)33)21(32)23(10,34)20(31)13(8)18(14)29;/h7-8,10,16,24,34H,5-6H2,1-4H3,(H2,28,29,31)(H3,25,30,32,33);/q-1;/t8?,10-,16?,23?;/m0./s1. The minimum absolute atomic E-state index is 0. The number of aliphatic hydroxyl groups is 3. The third-order valence-electron chi connectivity index (χ3n) is 7.18. The van der Waals surface area contributed by atoms with Crippen LogP contribution in [0.25, 0.3) is 11.5 Å². The van der Waals surface area contributed by atoms with Gasteiger partial charge in [-0.2, -0.15) is 0 Å². The SMILES string of the molecule is CN(C)c1cc([NH-])c(O)c2c1CC1C[C@H]3C(N(C)C)C(=O)C(C(N)=O)=C(O)C3(O)C(=O)C1=C2O.[Y]. The Labute approximate surface area is 226 Å². The normalized spacial score (nSPS) is 27.8. The van der Waals surface area contributed by atoms with E-state index in [9.17, 15) is 34.8 Å². The zero-order chi connectivity index (χ0) is 25.4. The van der Waals surface area contributed by atoms with Gasteiger partial charge in [0, 0.05) is 64.0 Å². The number of hydrogen-bond donors (Lipinski definition) is 5. The molecule has 1 saturated carbocycles. The molecule has 0 saturated heterocycles. The van der Waals surface area contributed by atoms with Crippen LogP contribution in [0.2, 0.25) is 0 Å². The van der Waals surface area contributed by atoms with E-state index in [0.717, 1.165) is 0 Å². The zero-order valence-electron chi connectivity index (χ0n) is 19.8. The van der Waals surface area contributed by atoms with Crippen molar-refractivity contribution in [1.29, 1.82) is 0 Å². The summed E-state index contributed by atoms with van der Waals surface area (Å²) in [5.41, 5.74) is 10.3. The van der Waals surface area contributed by atoms with Crippen LogP contribution in [0.3, 0.4) is 0 Å². The Morgan fingerprint density at radius 3 is 2.29 bits per heavy atom. The summed E-state index contributed by atoms with van der Waals surface area (Å²) in [5.74, 6) is -7.19. The first-order valence-electron chi connectivity index (χ1n) is 10.7. The van der Waals surface area contributed by atoms with Gasteiger partial charge in [0.2, 0.25) is 5.78 Å². The predicted octanol–water partition coefficient (Wildman–Crippen LogP) is 0.711. The molecule has 0 aliphatic heterocycles. The average molecular weight is 560 g/mol. The van der Waals surface area contributed by atoms with E-state index in [1.807, 2.05) is 0 Å². The van der Waals surface area contributed by atoms with Crippen LogP contribution in [0.4, 0.5) is 11.4 Å². The summed E-state index contributed by atoms with van der Waals surface area (Å²) >= 11 is 0. The van der Waals surface area contributed by atoms with Crippen LogP contribution in [-0.4, -0.2) is 82.6 Å². The topological polar surface area (TPSA) is 188 Å². The van der Waals surface area contributed by atoms with Gasteiger partial charge in [0.25, 0.3) is 5.91 Å². The molecule has 1 aromatic carbocycles. The van der Waals surface area contributed by atoms with Crippen LogP contribution in [-0.2, 0) is 53.5 Å². The number of aromatic hydroxyl groups is 1. The molecule has 0 heterocycles. The number of rotatable bonds is 3. The van der Waals surface area contributed by atoms with Crippen molar-refractivity contribution in [2.24, 2.45) is 17.6 Å². The number of nitrogens with zero attached hydrogens (tertiary/aromatic N) is 2. The van der Waals surface area contributed by atoms with Gasteiger partial charge in [0.05, 0.1) is 11.6 Å². The molecule has 4 atom stereocenters. The van der Waals surface area contributed by atoms with Gasteiger partial charge in [0.15, 0.2) is 11.4 Å². The number of carbonyl (C=O) groups excluding carboxylic acids is 3. The van der Waals surface area contributed by atoms with Crippen LogP contribution in [0.5, 0.6) is 5.75 Å². The van der Waals surface area contributed by atoms with Crippen molar-refractivity contribution < 1.29 is 67.5 Å². The number of nitrogens with one attached hydrogen (secondary N) is 1. The molecule has 3 aliphatic rings. The second kappa shape index (κ2) is 8.88. The number of likely N-dealkylation sites (N-methyl/N-ethyl adjacent to an activating group) is 1. The molecule has 35 heavy (non-hydrogen) atoms. The van der Waals surface area contributed by atoms with E-state index in [1.165, 1.54) is 11.0 Å². The number of aliphatic hydroxyl groups excluding tert-OH is 2. The largest absolute Gasteiger partial charge is 0.696 e. The fourth-order valence-corrected chi connectivity index (χ4v) is 5.69. The number of amides is 1. The summed E-state index contributed by atoms with van der Waals surface area (Å²) in [7, 11) is 6.57. The first kappa shape index (κ1) is 27.1. The van der Waals surface area contributed by atoms with Gasteiger partial charge < -0.3 is 36.8 Å². The maximum absolute atomic E-state index is 13.7. The molecule has 11 nitrogen and oxygen atoms in total. The number of primary amides is 1. The molecule has 0 spiro atoms. The fraction of sp³-hybridized carbons (Fsp3) is 0.435. The molecule has 0 bridgehead atoms. The Bertz CT molecular complexity index is 1220. The number of benzene rings is 1. The van der Waals surface area contributed by atoms with Crippen molar-refractivity contribution in [3.63, 3.8) is 0 Å². The molecule has 12 heteroatoms. The van der Waals surface area contributed by atoms with Crippen molar-refractivity contribution in [1.82, 2.24) is 4.90 Å². The summed E-state index contributed by atoms with van der Waals surface area (Å²) in [6.45, 7) is 0. The number of Topliss-reactive ketones (excluding diaryl/α,β-unsaturated/α-hetero) is 2. The first-order chi connectivity index (χ1) is 15.7. The summed E-state index contributed by atoms with van der Waals surface area (Å²) in [6, 6.07) is 0.322. The number of nitrogens with two attached hydrogens (primary N) is 1. The van der Waals surface area contributed by atoms with E-state index in [1.54, 1.807) is 33.1 Å². The molecule has 1 amide bonds. The molecule has 4 rings (SSSR count). The molecule has 7 N–H and O–H groups in total. The average Bonchev–Trinajstić information content (AvgIpc) is 2.72. The van der Waals surface area contributed by atoms with Gasteiger partial charge in [-0.3, -0.25) is 19.3 Å². The molecular weight excluding hydrogens is 533 g/mol. The molecule has 3 aliphatic carbocycles. The summed E-state index contributed by atoms with van der Waals surface area (Å²) in [4.78, 5) is 41.9. The molecule has 1 fully saturated rings. The number of carbonyl (C=O) groups is 3. The maximum Gasteiger partial charge on any atom is 0.255 e. The molecule has 1 aromatic rings. The second-order valence-electron chi connectivity index (χ2n) is 9.50. The van der Waals surface area contributed by atoms with Crippen LogP contribution < -0.4 is 10.6 Å². The van der Waals surface area contributed by atoms with Crippen LogP contribution in [0.15, 0.2) is 23.0 Å². The van der Waals surface area contributed by atoms with E-state index < -0.39 is 63.8 Å². The monoisotopic (exact) mass is 560 g/mol. The van der Waals surface area contributed by atoms with Gasteiger partial charge in [-0.1, -0.05) is 11.8 Å². The number of ketones is 2. The predicted molar refractivity (Wildman–Crippen MR) is 123 cm³/mol. The van der Waals surface area contributed by atoms with Crippen molar-refractivity contribution in [2.75, 3.05) is 33.1 Å². The first-order valence-corrected chi connectivity index (χ1v) is 10.7. The van der Waals surface area contributed by atoms with Crippen LogP contribution in [0.1, 0.15) is 17.5 Å². The Hall–Kier alpha value is -2.47. The Morgan fingerprint density at radius 1 is 1.17 bits per heavy atom. The number of hydrogen-bond acceptors (Lipinski definition) is 9. The van der Waals surface area contributed by atoms with Gasteiger partial charge >= 0.3 is 0 Å². The number of anilines is 1. The Kier molecular flexibility index (Phi) is 6.88. The third kappa shape index (κ3) is 3.59. The Balaban J connectivity index is 0.00000342. The van der Waals surface area contributed by atoms with E-state index in [0.29, 0.717) is 11.3 Å². The summed E-state index contributed by atoms with van der Waals surface area (Å²) < 4.78 is 0. The van der Waals surface area contributed by atoms with E-state index >= 15 is 0 Å². The molecule has 185 valence electrons. The number of phenols is 1. The number of fused-ring (bicyclic) bond motifs is 3. The summed E-state index contributed by atoms with van der Waals surface area (Å²) in [5, 5.41) is 44.1. The van der Waals surface area contributed by atoms with Crippen molar-refractivity contribution in [3.05, 3.63) is 39.8 Å². The summed E-state index contributed by atoms with van der Waals surface area (Å²) in [6.07, 6.45) is 0.192. The molecule has 3 unspecified atom stereocenters. The van der Waals surface area contributed by atoms with Gasteiger partial charge in [0.1, 0.15) is 22.8 Å². The third-order valence-corrected chi connectivity index (χ3v) is 7.18. The van der Waals surface area contributed by atoms with Crippen molar-refractivity contribution in [2.45, 2.75) is 24.5 Å².